The minimum atomic E-state index is -0.422. The Morgan fingerprint density at radius 3 is 2.62 bits per heavy atom. The topological polar surface area (TPSA) is 9.23 Å². The lowest BCUT2D eigenvalue weighted by atomic mass is 10.2. The van der Waals surface area contributed by atoms with Crippen molar-refractivity contribution in [2.24, 2.45) is 0 Å². The van der Waals surface area contributed by atoms with Gasteiger partial charge in [-0.05, 0) is 5.56 Å². The van der Waals surface area contributed by atoms with Crippen molar-refractivity contribution in [1.82, 2.24) is 0 Å². The van der Waals surface area contributed by atoms with Gasteiger partial charge in [-0.25, -0.2) is 4.39 Å². The number of benzene rings is 1. The molecule has 0 aliphatic carbocycles. The molecule has 0 radical (unpaired) electrons. The molecule has 2 heteroatoms. The molecule has 0 saturated heterocycles. The van der Waals surface area contributed by atoms with Crippen LogP contribution in [0.15, 0.2) is 42.5 Å². The van der Waals surface area contributed by atoms with E-state index in [-0.39, 0.29) is 0 Å². The fraction of sp³-hybridized carbons (Fsp3) is 0.273. The van der Waals surface area contributed by atoms with Gasteiger partial charge in [0.1, 0.15) is 6.67 Å². The van der Waals surface area contributed by atoms with Crippen LogP contribution in [0, 0.1) is 0 Å². The number of alkyl halides is 1. The Labute approximate surface area is 77.8 Å². The molecule has 0 aromatic heterocycles. The van der Waals surface area contributed by atoms with Crippen LogP contribution in [0.25, 0.3) is 0 Å². The third-order valence-electron chi connectivity index (χ3n) is 1.58. The average molecular weight is 180 g/mol. The molecule has 13 heavy (non-hydrogen) atoms. The van der Waals surface area contributed by atoms with Gasteiger partial charge in [0.2, 0.25) is 0 Å². The molecule has 0 saturated carbocycles. The second kappa shape index (κ2) is 6.38. The van der Waals surface area contributed by atoms with Crippen molar-refractivity contribution in [3.63, 3.8) is 0 Å². The van der Waals surface area contributed by atoms with E-state index in [4.69, 9.17) is 4.74 Å². The van der Waals surface area contributed by atoms with Crippen LogP contribution in [0.4, 0.5) is 4.39 Å². The van der Waals surface area contributed by atoms with Crippen molar-refractivity contribution in [1.29, 1.82) is 0 Å². The molecule has 0 aliphatic rings. The molecule has 0 aliphatic heterocycles. The van der Waals surface area contributed by atoms with Crippen molar-refractivity contribution < 1.29 is 9.13 Å². The highest BCUT2D eigenvalue weighted by molar-refractivity contribution is 5.13. The van der Waals surface area contributed by atoms with E-state index in [1.165, 1.54) is 6.08 Å². The van der Waals surface area contributed by atoms with Gasteiger partial charge < -0.3 is 4.74 Å². The summed E-state index contributed by atoms with van der Waals surface area (Å²) in [6.45, 7) is 0.630. The van der Waals surface area contributed by atoms with Crippen molar-refractivity contribution in [3.8, 4) is 0 Å². The summed E-state index contributed by atoms with van der Waals surface area (Å²) in [4.78, 5) is 0. The van der Waals surface area contributed by atoms with Crippen molar-refractivity contribution in [3.05, 3.63) is 48.0 Å². The normalized spacial score (nSPS) is 10.8. The van der Waals surface area contributed by atoms with E-state index < -0.39 is 6.67 Å². The Balaban J connectivity index is 2.17. The minimum Gasteiger partial charge on any atom is -0.373 e. The summed E-state index contributed by atoms with van der Waals surface area (Å²) in [5, 5.41) is 0. The summed E-state index contributed by atoms with van der Waals surface area (Å²) >= 11 is 0. The van der Waals surface area contributed by atoms with Gasteiger partial charge in [0, 0.05) is 0 Å². The molecule has 1 rings (SSSR count). The second-order valence-corrected chi connectivity index (χ2v) is 2.63. The first-order chi connectivity index (χ1) is 6.43. The summed E-state index contributed by atoms with van der Waals surface area (Å²) in [5.41, 5.74) is 1.14. The zero-order chi connectivity index (χ0) is 9.36. The van der Waals surface area contributed by atoms with Gasteiger partial charge in [-0.15, -0.1) is 0 Å². The van der Waals surface area contributed by atoms with Gasteiger partial charge in [0.15, 0.2) is 0 Å². The number of ether oxygens (including phenoxy) is 1. The van der Waals surface area contributed by atoms with Crippen LogP contribution in [-0.4, -0.2) is 13.3 Å². The monoisotopic (exact) mass is 180 g/mol. The van der Waals surface area contributed by atoms with E-state index in [2.05, 4.69) is 0 Å². The maximum Gasteiger partial charge on any atom is 0.108 e. The molecule has 0 unspecified atom stereocenters. The molecule has 0 amide bonds. The maximum atomic E-state index is 11.6. The number of rotatable bonds is 5. The van der Waals surface area contributed by atoms with Crippen LogP contribution in [0.2, 0.25) is 0 Å². The van der Waals surface area contributed by atoms with Crippen LogP contribution in [0.3, 0.4) is 0 Å². The number of halogens is 1. The lowest BCUT2D eigenvalue weighted by Crippen LogP contribution is -1.92. The molecule has 0 fully saturated rings. The Morgan fingerprint density at radius 2 is 1.92 bits per heavy atom. The maximum absolute atomic E-state index is 11.6. The molecule has 70 valence electrons. The van der Waals surface area contributed by atoms with Crippen LogP contribution in [-0.2, 0) is 11.3 Å². The third kappa shape index (κ3) is 4.43. The summed E-state index contributed by atoms with van der Waals surface area (Å²) in [5.74, 6) is 0. The quantitative estimate of drug-likeness (QED) is 0.500. The van der Waals surface area contributed by atoms with E-state index in [9.17, 15) is 4.39 Å². The van der Waals surface area contributed by atoms with Gasteiger partial charge in [0.05, 0.1) is 13.2 Å². The van der Waals surface area contributed by atoms with Crippen molar-refractivity contribution >= 4 is 0 Å². The zero-order valence-corrected chi connectivity index (χ0v) is 7.45. The van der Waals surface area contributed by atoms with Gasteiger partial charge in [-0.2, -0.15) is 0 Å². The number of allylic oxidation sites excluding steroid dienone is 1. The molecule has 1 aromatic carbocycles. The summed E-state index contributed by atoms with van der Waals surface area (Å²) in [6, 6.07) is 9.90. The smallest absolute Gasteiger partial charge is 0.108 e. The molecule has 0 bridgehead atoms. The van der Waals surface area contributed by atoms with E-state index in [1.54, 1.807) is 6.08 Å². The first-order valence-corrected chi connectivity index (χ1v) is 4.26. The molecular weight excluding hydrogens is 167 g/mol. The number of hydrogen-bond donors (Lipinski definition) is 0. The van der Waals surface area contributed by atoms with E-state index in [1.807, 2.05) is 30.3 Å². The number of hydrogen-bond acceptors (Lipinski definition) is 1. The average Bonchev–Trinajstić information content (AvgIpc) is 2.19. The predicted molar refractivity (Wildman–Crippen MR) is 51.2 cm³/mol. The first kappa shape index (κ1) is 9.93. The van der Waals surface area contributed by atoms with Crippen LogP contribution in [0.1, 0.15) is 5.56 Å². The summed E-state index contributed by atoms with van der Waals surface area (Å²) in [6.07, 6.45) is 3.13. The van der Waals surface area contributed by atoms with Gasteiger partial charge in [0.25, 0.3) is 0 Å². The summed E-state index contributed by atoms with van der Waals surface area (Å²) in [7, 11) is 0. The molecular formula is C11H13FO. The third-order valence-corrected chi connectivity index (χ3v) is 1.58. The lowest BCUT2D eigenvalue weighted by Gasteiger charge is -1.99. The molecule has 1 nitrogen and oxygen atoms in total. The highest BCUT2D eigenvalue weighted by Crippen LogP contribution is 1.99. The van der Waals surface area contributed by atoms with Gasteiger partial charge in [-0.3, -0.25) is 0 Å². The Morgan fingerprint density at radius 1 is 1.15 bits per heavy atom. The molecule has 0 spiro atoms. The Hall–Kier alpha value is -1.15. The Kier molecular flexibility index (Phi) is 4.87. The summed E-state index contributed by atoms with van der Waals surface area (Å²) < 4.78 is 16.9. The van der Waals surface area contributed by atoms with E-state index in [0.29, 0.717) is 13.2 Å². The highest BCUT2D eigenvalue weighted by atomic mass is 19.1. The van der Waals surface area contributed by atoms with Crippen LogP contribution >= 0.6 is 0 Å². The largest absolute Gasteiger partial charge is 0.373 e. The van der Waals surface area contributed by atoms with Crippen molar-refractivity contribution in [2.75, 3.05) is 13.3 Å². The lowest BCUT2D eigenvalue weighted by molar-refractivity contribution is 0.148. The SMILES string of the molecule is FC/C=C/COCc1ccccc1. The van der Waals surface area contributed by atoms with Gasteiger partial charge >= 0.3 is 0 Å². The van der Waals surface area contributed by atoms with Crippen molar-refractivity contribution in [2.45, 2.75) is 6.61 Å². The fourth-order valence-corrected chi connectivity index (χ4v) is 0.950. The highest BCUT2D eigenvalue weighted by Gasteiger charge is 1.88. The Bertz CT molecular complexity index is 244. The second-order valence-electron chi connectivity index (χ2n) is 2.63. The molecule has 0 atom stereocenters. The standard InChI is InChI=1S/C11H13FO/c12-8-4-5-9-13-10-11-6-2-1-3-7-11/h1-7H,8-10H2/b5-4+. The fourth-order valence-electron chi connectivity index (χ4n) is 0.950. The first-order valence-electron chi connectivity index (χ1n) is 4.26. The van der Waals surface area contributed by atoms with Gasteiger partial charge in [-0.1, -0.05) is 42.5 Å². The van der Waals surface area contributed by atoms with E-state index >= 15 is 0 Å². The van der Waals surface area contributed by atoms with Crippen LogP contribution < -0.4 is 0 Å². The van der Waals surface area contributed by atoms with Crippen LogP contribution in [0.5, 0.6) is 0 Å². The predicted octanol–water partition coefficient (Wildman–Crippen LogP) is 2.73. The van der Waals surface area contributed by atoms with E-state index in [0.717, 1.165) is 5.56 Å². The zero-order valence-electron chi connectivity index (χ0n) is 7.45. The molecule has 0 N–H and O–H groups in total. The minimum absolute atomic E-state index is 0.422. The molecule has 0 heterocycles. The molecule has 1 aromatic rings.